The summed E-state index contributed by atoms with van der Waals surface area (Å²) in [4.78, 5) is 28.1. The van der Waals surface area contributed by atoms with E-state index in [2.05, 4.69) is 47.4 Å². The first kappa shape index (κ1) is 27.5. The van der Waals surface area contributed by atoms with E-state index in [9.17, 15) is 15.0 Å². The van der Waals surface area contributed by atoms with Gasteiger partial charge in [0.1, 0.15) is 0 Å². The van der Waals surface area contributed by atoms with Gasteiger partial charge in [-0.3, -0.25) is 10.7 Å². The Morgan fingerprint density at radius 2 is 1.44 bits per heavy atom. The minimum absolute atomic E-state index is 0.111. The van der Waals surface area contributed by atoms with Gasteiger partial charge < -0.3 is 10.1 Å². The number of rotatable bonds is 9. The van der Waals surface area contributed by atoms with Crippen molar-refractivity contribution < 1.29 is 14.3 Å². The van der Waals surface area contributed by atoms with Crippen molar-refractivity contribution in [1.82, 2.24) is 0 Å². The summed E-state index contributed by atoms with van der Waals surface area (Å²) in [7, 11) is -1.74. The number of para-hydroxylation sites is 1. The first-order valence-electron chi connectivity index (χ1n) is 11.9. The lowest BCUT2D eigenvalue weighted by Crippen LogP contribution is -2.40. The van der Waals surface area contributed by atoms with Crippen molar-refractivity contribution in [3.05, 3.63) is 65.6 Å². The molecule has 2 amide bonds. The highest BCUT2D eigenvalue weighted by atomic mass is 31.2. The monoisotopic (exact) mass is 480 g/mol. The zero-order chi connectivity index (χ0) is 25.5. The highest BCUT2D eigenvalue weighted by molar-refractivity contribution is 7.78. The number of carbonyl (C=O) groups excluding carboxylic acids is 2. The SMILES string of the molecule is CCOC(=O)N(C(=O)C(=C=[N-])C[P+](C(C)C)(C(C)C)C(C)C)c1ccccc1-c1ccccc1. The van der Waals surface area contributed by atoms with Gasteiger partial charge in [0.2, 0.25) is 0 Å². The van der Waals surface area contributed by atoms with Crippen molar-refractivity contribution in [1.29, 1.82) is 0 Å². The van der Waals surface area contributed by atoms with E-state index in [1.54, 1.807) is 19.1 Å². The summed E-state index contributed by atoms with van der Waals surface area (Å²) in [5, 5.41) is 10.1. The van der Waals surface area contributed by atoms with E-state index in [1.807, 2.05) is 42.5 Å². The fourth-order valence-electron chi connectivity index (χ4n) is 4.91. The Morgan fingerprint density at radius 3 is 1.94 bits per heavy atom. The van der Waals surface area contributed by atoms with Crippen LogP contribution in [-0.2, 0) is 9.53 Å². The van der Waals surface area contributed by atoms with Crippen LogP contribution in [-0.4, -0.2) is 47.6 Å². The average Bonchev–Trinajstić information content (AvgIpc) is 2.80. The number of amides is 2. The predicted molar refractivity (Wildman–Crippen MR) is 145 cm³/mol. The maximum atomic E-state index is 13.9. The van der Waals surface area contributed by atoms with Gasteiger partial charge in [0.15, 0.2) is 0 Å². The maximum absolute atomic E-state index is 13.9. The molecule has 182 valence electrons. The lowest BCUT2D eigenvalue weighted by Gasteiger charge is -2.39. The summed E-state index contributed by atoms with van der Waals surface area (Å²) < 4.78 is 5.29. The second-order valence-electron chi connectivity index (χ2n) is 9.25. The third-order valence-electron chi connectivity index (χ3n) is 6.59. The number of ether oxygens (including phenoxy) is 1. The molecule has 2 aromatic carbocycles. The predicted octanol–water partition coefficient (Wildman–Crippen LogP) is 7.25. The third-order valence-corrected chi connectivity index (χ3v) is 13.2. The molecule has 0 aliphatic heterocycles. The van der Waals surface area contributed by atoms with E-state index in [4.69, 9.17) is 4.74 Å². The largest absolute Gasteiger partial charge is 0.763 e. The maximum Gasteiger partial charge on any atom is 0.421 e. The molecule has 0 saturated heterocycles. The summed E-state index contributed by atoms with van der Waals surface area (Å²) in [6, 6.07) is 16.8. The fraction of sp³-hybridized carbons (Fsp3) is 0.429. The summed E-state index contributed by atoms with van der Waals surface area (Å²) >= 11 is 0. The molecule has 0 bridgehead atoms. The van der Waals surface area contributed by atoms with Crippen LogP contribution in [0.2, 0.25) is 0 Å². The van der Waals surface area contributed by atoms with Gasteiger partial charge in [-0.2, -0.15) is 0 Å². The second-order valence-corrected chi connectivity index (χ2v) is 14.7. The molecule has 2 aromatic rings. The van der Waals surface area contributed by atoms with Gasteiger partial charge in [-0.25, -0.2) is 9.69 Å². The van der Waals surface area contributed by atoms with E-state index in [1.165, 1.54) is 0 Å². The molecule has 34 heavy (non-hydrogen) atoms. The van der Waals surface area contributed by atoms with E-state index in [-0.39, 0.29) is 12.2 Å². The number of carbonyl (C=O) groups is 2. The van der Waals surface area contributed by atoms with Crippen molar-refractivity contribution >= 4 is 30.8 Å². The quantitative estimate of drug-likeness (QED) is 0.216. The summed E-state index contributed by atoms with van der Waals surface area (Å²) in [6.45, 7) is 14.9. The molecule has 0 fully saturated rings. The zero-order valence-corrected chi connectivity index (χ0v) is 22.3. The summed E-state index contributed by atoms with van der Waals surface area (Å²) in [5.74, 6) is 1.57. The first-order chi connectivity index (χ1) is 16.1. The van der Waals surface area contributed by atoms with Crippen LogP contribution in [0, 0.1) is 0 Å². The van der Waals surface area contributed by atoms with Gasteiger partial charge >= 0.3 is 6.09 Å². The third kappa shape index (κ3) is 5.66. The molecule has 5 nitrogen and oxygen atoms in total. The standard InChI is InChI=1S/C28H37N2O3P/c1-8-33-28(32)30(26-17-13-12-16-25(26)23-14-10-9-11-15-23)27(31)24(18-29)19-34(20(2)3,21(4)5)22(6)7/h9-17,20-22H,8,19H2,1-7H3. The van der Waals surface area contributed by atoms with Gasteiger partial charge in [-0.15, -0.1) is 0 Å². The Morgan fingerprint density at radius 1 is 0.912 bits per heavy atom. The van der Waals surface area contributed by atoms with Crippen LogP contribution in [0.5, 0.6) is 0 Å². The van der Waals surface area contributed by atoms with Crippen LogP contribution < -0.4 is 4.90 Å². The molecule has 0 atom stereocenters. The van der Waals surface area contributed by atoms with Crippen LogP contribution in [0.3, 0.4) is 0 Å². The Balaban J connectivity index is 2.64. The normalized spacial score (nSPS) is 11.5. The first-order valence-corrected chi connectivity index (χ1v) is 14.1. The molecule has 0 N–H and O–H groups in total. The lowest BCUT2D eigenvalue weighted by atomic mass is 10.0. The fourth-order valence-corrected chi connectivity index (χ4v) is 10.3. The van der Waals surface area contributed by atoms with Crippen molar-refractivity contribution in [3.63, 3.8) is 0 Å². The molecular weight excluding hydrogens is 443 g/mol. The van der Waals surface area contributed by atoms with Gasteiger partial charge in [0.25, 0.3) is 5.91 Å². The summed E-state index contributed by atoms with van der Waals surface area (Å²) in [6.07, 6.45) is -0.371. The van der Waals surface area contributed by atoms with Crippen molar-refractivity contribution in [3.8, 4) is 11.1 Å². The number of nitrogens with zero attached hydrogens (tertiary/aromatic N) is 2. The van der Waals surface area contributed by atoms with E-state index >= 15 is 0 Å². The minimum atomic E-state index is -1.74. The number of anilines is 1. The van der Waals surface area contributed by atoms with Gasteiger partial charge in [0, 0.05) is 12.8 Å². The lowest BCUT2D eigenvalue weighted by molar-refractivity contribution is -0.114. The molecule has 2 rings (SSSR count). The topological polar surface area (TPSA) is 68.9 Å². The van der Waals surface area contributed by atoms with E-state index in [0.29, 0.717) is 28.8 Å². The second kappa shape index (κ2) is 12.1. The zero-order valence-electron chi connectivity index (χ0n) is 21.4. The minimum Gasteiger partial charge on any atom is -0.763 e. The highest BCUT2D eigenvalue weighted by Gasteiger charge is 2.49. The van der Waals surface area contributed by atoms with Gasteiger partial charge in [-0.05, 0) is 60.1 Å². The smallest absolute Gasteiger partial charge is 0.421 e. The number of benzene rings is 2. The molecule has 0 heterocycles. The number of hydrogen-bond acceptors (Lipinski definition) is 3. The Hall–Kier alpha value is -2.74. The Kier molecular flexibility index (Phi) is 9.79. The molecule has 0 radical (unpaired) electrons. The molecular formula is C28H37N2O3P. The van der Waals surface area contributed by atoms with Crippen LogP contribution in [0.4, 0.5) is 10.5 Å². The number of hydrogen-bond donors (Lipinski definition) is 0. The molecule has 0 spiro atoms. The molecule has 0 aliphatic rings. The molecule has 6 heteroatoms. The van der Waals surface area contributed by atoms with Crippen molar-refractivity contribution in [2.24, 2.45) is 0 Å². The Labute approximate surface area is 205 Å². The van der Waals surface area contributed by atoms with Crippen molar-refractivity contribution in [2.45, 2.75) is 65.4 Å². The average molecular weight is 481 g/mol. The molecule has 0 aromatic heterocycles. The van der Waals surface area contributed by atoms with Crippen LogP contribution in [0.1, 0.15) is 48.5 Å². The van der Waals surface area contributed by atoms with Gasteiger partial charge in [0.05, 0.1) is 41.0 Å². The molecule has 0 saturated carbocycles. The van der Waals surface area contributed by atoms with Crippen LogP contribution in [0.15, 0.2) is 60.2 Å². The van der Waals surface area contributed by atoms with Crippen LogP contribution in [0.25, 0.3) is 16.5 Å². The summed E-state index contributed by atoms with van der Waals surface area (Å²) in [5.41, 5.74) is 3.14. The highest BCUT2D eigenvalue weighted by Crippen LogP contribution is 2.70. The molecule has 0 aliphatic carbocycles. The number of imide groups is 1. The Bertz CT molecular complexity index is 1020. The van der Waals surface area contributed by atoms with Crippen LogP contribution >= 0.6 is 7.26 Å². The van der Waals surface area contributed by atoms with E-state index in [0.717, 1.165) is 16.0 Å². The van der Waals surface area contributed by atoms with Gasteiger partial charge in [-0.1, -0.05) is 48.5 Å². The molecule has 0 unspecified atom stereocenters. The van der Waals surface area contributed by atoms with E-state index < -0.39 is 19.3 Å². The van der Waals surface area contributed by atoms with Crippen molar-refractivity contribution in [2.75, 3.05) is 17.7 Å².